The highest BCUT2D eigenvalue weighted by molar-refractivity contribution is 6.30. The number of nitrogens with zero attached hydrogens (tertiary/aromatic N) is 1. The van der Waals surface area contributed by atoms with Crippen LogP contribution in [0.3, 0.4) is 0 Å². The van der Waals surface area contributed by atoms with Gasteiger partial charge in [0.2, 0.25) is 17.7 Å². The lowest BCUT2D eigenvalue weighted by molar-refractivity contribution is -0.132. The molecule has 1 unspecified atom stereocenters. The van der Waals surface area contributed by atoms with Crippen molar-refractivity contribution in [1.29, 1.82) is 0 Å². The Balaban J connectivity index is 1.80. The molecule has 2 heterocycles. The van der Waals surface area contributed by atoms with Gasteiger partial charge in [0.15, 0.2) is 0 Å². The van der Waals surface area contributed by atoms with Crippen LogP contribution in [-0.4, -0.2) is 60.5 Å². The molecule has 1 atom stereocenters. The van der Waals surface area contributed by atoms with Crippen molar-refractivity contribution in [3.8, 4) is 0 Å². The molecule has 2 aliphatic heterocycles. The summed E-state index contributed by atoms with van der Waals surface area (Å²) in [5.41, 5.74) is 0.336. The summed E-state index contributed by atoms with van der Waals surface area (Å²) in [6, 6.07) is 6.36. The monoisotopic (exact) mass is 393 g/mol. The van der Waals surface area contributed by atoms with E-state index in [1.807, 2.05) is 12.1 Å². The van der Waals surface area contributed by atoms with Gasteiger partial charge in [-0.15, -0.1) is 0 Å². The summed E-state index contributed by atoms with van der Waals surface area (Å²) in [5, 5.41) is 6.33. The van der Waals surface area contributed by atoms with Gasteiger partial charge in [-0.05, 0) is 30.5 Å². The van der Waals surface area contributed by atoms with Gasteiger partial charge in [-0.1, -0.05) is 23.7 Å². The number of carbonyl (C=O) groups excluding carboxylic acids is 3. The Morgan fingerprint density at radius 2 is 1.96 bits per heavy atom. The van der Waals surface area contributed by atoms with E-state index in [-0.39, 0.29) is 30.7 Å². The molecule has 0 radical (unpaired) electrons. The molecule has 8 heteroatoms. The van der Waals surface area contributed by atoms with E-state index < -0.39 is 11.6 Å². The van der Waals surface area contributed by atoms with Crippen molar-refractivity contribution in [2.45, 2.75) is 37.8 Å². The summed E-state index contributed by atoms with van der Waals surface area (Å²) in [7, 11) is 0. The van der Waals surface area contributed by atoms with Gasteiger partial charge in [-0.2, -0.15) is 0 Å². The largest absolute Gasteiger partial charge is 0.381 e. The molecule has 1 spiro atoms. The molecule has 0 aromatic heterocycles. The molecular formula is C19H24ClN3O4. The van der Waals surface area contributed by atoms with E-state index in [0.29, 0.717) is 37.6 Å². The summed E-state index contributed by atoms with van der Waals surface area (Å²) in [6.45, 7) is 2.99. The third-order valence-corrected chi connectivity index (χ3v) is 5.30. The van der Waals surface area contributed by atoms with Crippen LogP contribution in [0.2, 0.25) is 5.02 Å². The minimum absolute atomic E-state index is 0.0879. The molecule has 7 nitrogen and oxygen atoms in total. The molecule has 27 heavy (non-hydrogen) atoms. The predicted octanol–water partition coefficient (Wildman–Crippen LogP) is 0.895. The maximum atomic E-state index is 13.0. The highest BCUT2D eigenvalue weighted by Crippen LogP contribution is 2.25. The van der Waals surface area contributed by atoms with Gasteiger partial charge in [-0.3, -0.25) is 14.4 Å². The molecule has 3 amide bonds. The molecule has 3 rings (SSSR count). The molecule has 1 aromatic carbocycles. The SMILES string of the molecule is CC(=O)NC1CN(C(=O)Cc2ccc(Cl)cc2)CC2(CCOCC2)NC1=O. The Labute approximate surface area is 163 Å². The Bertz CT molecular complexity index is 716. The van der Waals surface area contributed by atoms with Crippen LogP contribution in [0.4, 0.5) is 0 Å². The fourth-order valence-electron chi connectivity index (χ4n) is 3.60. The number of rotatable bonds is 3. The number of benzene rings is 1. The molecule has 1 aromatic rings. The maximum absolute atomic E-state index is 13.0. The van der Waals surface area contributed by atoms with Crippen molar-refractivity contribution in [3.63, 3.8) is 0 Å². The van der Waals surface area contributed by atoms with Gasteiger partial charge in [-0.25, -0.2) is 0 Å². The smallest absolute Gasteiger partial charge is 0.244 e. The van der Waals surface area contributed by atoms with Crippen molar-refractivity contribution in [2.75, 3.05) is 26.3 Å². The topological polar surface area (TPSA) is 87.7 Å². The van der Waals surface area contributed by atoms with Gasteiger partial charge in [0, 0.05) is 31.7 Å². The van der Waals surface area contributed by atoms with Gasteiger partial charge in [0.1, 0.15) is 6.04 Å². The lowest BCUT2D eigenvalue weighted by Gasteiger charge is -2.39. The first kappa shape index (κ1) is 19.6. The fourth-order valence-corrected chi connectivity index (χ4v) is 3.73. The van der Waals surface area contributed by atoms with E-state index >= 15 is 0 Å². The van der Waals surface area contributed by atoms with Crippen LogP contribution >= 0.6 is 11.6 Å². The zero-order valence-corrected chi connectivity index (χ0v) is 16.1. The number of ether oxygens (including phenoxy) is 1. The molecule has 0 bridgehead atoms. The summed E-state index contributed by atoms with van der Waals surface area (Å²) in [4.78, 5) is 38.8. The Morgan fingerprint density at radius 3 is 2.59 bits per heavy atom. The first-order chi connectivity index (χ1) is 12.9. The minimum atomic E-state index is -0.765. The van der Waals surface area contributed by atoms with Crippen molar-refractivity contribution < 1.29 is 19.1 Å². The number of hydrogen-bond acceptors (Lipinski definition) is 4. The maximum Gasteiger partial charge on any atom is 0.244 e. The van der Waals surface area contributed by atoms with Gasteiger partial charge >= 0.3 is 0 Å². The molecule has 2 N–H and O–H groups in total. The Morgan fingerprint density at radius 1 is 1.30 bits per heavy atom. The first-order valence-electron chi connectivity index (χ1n) is 9.06. The van der Waals surface area contributed by atoms with Gasteiger partial charge in [0.05, 0.1) is 18.5 Å². The molecule has 2 saturated heterocycles. The second-order valence-electron chi connectivity index (χ2n) is 7.21. The van der Waals surface area contributed by atoms with Crippen molar-refractivity contribution in [3.05, 3.63) is 34.9 Å². The molecule has 2 aliphatic rings. The van der Waals surface area contributed by atoms with Crippen LogP contribution in [-0.2, 0) is 25.5 Å². The second kappa shape index (κ2) is 8.27. The predicted molar refractivity (Wildman–Crippen MR) is 100 cm³/mol. The average Bonchev–Trinajstić information content (AvgIpc) is 2.74. The zero-order valence-electron chi connectivity index (χ0n) is 15.3. The number of halogens is 1. The third kappa shape index (κ3) is 4.99. The van der Waals surface area contributed by atoms with Crippen molar-refractivity contribution >= 4 is 29.3 Å². The van der Waals surface area contributed by atoms with Crippen LogP contribution in [0.1, 0.15) is 25.3 Å². The highest BCUT2D eigenvalue weighted by Gasteiger charge is 2.42. The number of nitrogens with one attached hydrogen (secondary N) is 2. The molecule has 0 aliphatic carbocycles. The van der Waals surface area contributed by atoms with E-state index in [2.05, 4.69) is 10.6 Å². The first-order valence-corrected chi connectivity index (χ1v) is 9.44. The standard InChI is InChI=1S/C19H24ClN3O4/c1-13(24)21-16-11-23(17(25)10-14-2-4-15(20)5-3-14)12-19(22-18(16)26)6-8-27-9-7-19/h2-5,16H,6-12H2,1H3,(H,21,24)(H,22,26). The van der Waals surface area contributed by atoms with E-state index in [1.54, 1.807) is 17.0 Å². The molecular weight excluding hydrogens is 370 g/mol. The van der Waals surface area contributed by atoms with Crippen LogP contribution in [0, 0.1) is 0 Å². The molecule has 146 valence electrons. The fraction of sp³-hybridized carbons (Fsp3) is 0.526. The Hall–Kier alpha value is -2.12. The van der Waals surface area contributed by atoms with E-state index in [1.165, 1.54) is 6.92 Å². The lowest BCUT2D eigenvalue weighted by Crippen LogP contribution is -2.58. The molecule has 2 fully saturated rings. The third-order valence-electron chi connectivity index (χ3n) is 5.05. The summed E-state index contributed by atoms with van der Waals surface area (Å²) in [6.07, 6.45) is 1.48. The summed E-state index contributed by atoms with van der Waals surface area (Å²) >= 11 is 5.91. The number of amides is 3. The normalized spacial score (nSPS) is 22.1. The van der Waals surface area contributed by atoms with Crippen LogP contribution in [0.25, 0.3) is 0 Å². The number of carbonyl (C=O) groups is 3. The minimum Gasteiger partial charge on any atom is -0.381 e. The zero-order chi connectivity index (χ0) is 19.4. The van der Waals surface area contributed by atoms with Crippen LogP contribution < -0.4 is 10.6 Å². The van der Waals surface area contributed by atoms with E-state index in [4.69, 9.17) is 16.3 Å². The summed E-state index contributed by atoms with van der Waals surface area (Å²) < 4.78 is 5.43. The van der Waals surface area contributed by atoms with Crippen molar-refractivity contribution in [2.24, 2.45) is 0 Å². The number of hydrogen-bond donors (Lipinski definition) is 2. The van der Waals surface area contributed by atoms with Gasteiger partial charge < -0.3 is 20.3 Å². The molecule has 0 saturated carbocycles. The van der Waals surface area contributed by atoms with Gasteiger partial charge in [0.25, 0.3) is 0 Å². The second-order valence-corrected chi connectivity index (χ2v) is 7.65. The van der Waals surface area contributed by atoms with E-state index in [0.717, 1.165) is 5.56 Å². The lowest BCUT2D eigenvalue weighted by atomic mass is 9.89. The van der Waals surface area contributed by atoms with Crippen LogP contribution in [0.15, 0.2) is 24.3 Å². The Kier molecular flexibility index (Phi) is 6.01. The highest BCUT2D eigenvalue weighted by atomic mass is 35.5. The van der Waals surface area contributed by atoms with E-state index in [9.17, 15) is 14.4 Å². The summed E-state index contributed by atoms with van der Waals surface area (Å²) in [5.74, 6) is -0.646. The quantitative estimate of drug-likeness (QED) is 0.798. The average molecular weight is 394 g/mol. The van der Waals surface area contributed by atoms with Crippen LogP contribution in [0.5, 0.6) is 0 Å². The van der Waals surface area contributed by atoms with Crippen molar-refractivity contribution in [1.82, 2.24) is 15.5 Å².